The zero-order valence-electron chi connectivity index (χ0n) is 12.8. The predicted molar refractivity (Wildman–Crippen MR) is 83.2 cm³/mol. The van der Waals surface area contributed by atoms with Gasteiger partial charge in [-0.3, -0.25) is 9.48 Å². The smallest absolute Gasteiger partial charge is 0.275 e. The molecule has 1 aliphatic heterocycles. The van der Waals surface area contributed by atoms with Crippen LogP contribution in [0.4, 0.5) is 0 Å². The summed E-state index contributed by atoms with van der Waals surface area (Å²) in [6.07, 6.45) is 0.994. The third-order valence-corrected chi connectivity index (χ3v) is 4.52. The topological polar surface area (TPSA) is 50.2 Å². The van der Waals surface area contributed by atoms with Gasteiger partial charge in [-0.15, -0.1) is 0 Å². The molecule has 2 aromatic rings. The first kappa shape index (κ1) is 14.1. The van der Waals surface area contributed by atoms with Crippen LogP contribution in [0.5, 0.6) is 0 Å². The fraction of sp³-hybridized carbons (Fsp3) is 0.500. The average Bonchev–Trinajstić information content (AvgIpc) is 2.84. The molecule has 0 saturated carbocycles. The van der Waals surface area contributed by atoms with Crippen LogP contribution in [-0.4, -0.2) is 46.8 Å². The Labute approximate surface area is 124 Å². The Kier molecular flexibility index (Phi) is 3.68. The van der Waals surface area contributed by atoms with Gasteiger partial charge >= 0.3 is 0 Å². The number of benzene rings is 1. The van der Waals surface area contributed by atoms with Crippen LogP contribution in [-0.2, 0) is 7.05 Å². The van der Waals surface area contributed by atoms with E-state index in [1.165, 1.54) is 0 Å². The first-order valence-corrected chi connectivity index (χ1v) is 7.50. The van der Waals surface area contributed by atoms with Crippen molar-refractivity contribution in [1.82, 2.24) is 20.0 Å². The largest absolute Gasteiger partial charge is 0.337 e. The van der Waals surface area contributed by atoms with Gasteiger partial charge in [0.15, 0.2) is 5.69 Å². The van der Waals surface area contributed by atoms with Crippen molar-refractivity contribution in [3.05, 3.63) is 30.0 Å². The molecule has 5 nitrogen and oxygen atoms in total. The highest BCUT2D eigenvalue weighted by molar-refractivity contribution is 6.04. The lowest BCUT2D eigenvalue weighted by Crippen LogP contribution is -2.49. The number of aromatic nitrogens is 2. The number of hydrogen-bond acceptors (Lipinski definition) is 3. The van der Waals surface area contributed by atoms with E-state index in [9.17, 15) is 4.79 Å². The summed E-state index contributed by atoms with van der Waals surface area (Å²) in [6, 6.07) is 8.39. The van der Waals surface area contributed by atoms with E-state index in [4.69, 9.17) is 0 Å². The van der Waals surface area contributed by atoms with Gasteiger partial charge in [-0.25, -0.2) is 0 Å². The van der Waals surface area contributed by atoms with E-state index in [0.717, 1.165) is 30.4 Å². The lowest BCUT2D eigenvalue weighted by atomic mass is 9.94. The van der Waals surface area contributed by atoms with Gasteiger partial charge < -0.3 is 10.2 Å². The number of fused-ring (bicyclic) bond motifs is 1. The molecule has 0 aliphatic carbocycles. The van der Waals surface area contributed by atoms with Crippen molar-refractivity contribution < 1.29 is 4.79 Å². The summed E-state index contributed by atoms with van der Waals surface area (Å²) in [5.74, 6) is 0.510. The van der Waals surface area contributed by atoms with Crippen molar-refractivity contribution in [2.24, 2.45) is 13.0 Å². The molecule has 0 radical (unpaired) electrons. The molecule has 112 valence electrons. The van der Waals surface area contributed by atoms with E-state index in [0.29, 0.717) is 17.7 Å². The van der Waals surface area contributed by atoms with Gasteiger partial charge in [0.1, 0.15) is 0 Å². The Morgan fingerprint density at radius 1 is 1.38 bits per heavy atom. The number of likely N-dealkylation sites (tertiary alicyclic amines) is 1. The molecule has 2 heterocycles. The van der Waals surface area contributed by atoms with Crippen molar-refractivity contribution in [3.8, 4) is 0 Å². The Bertz CT molecular complexity index is 663. The molecule has 0 spiro atoms. The second kappa shape index (κ2) is 5.48. The summed E-state index contributed by atoms with van der Waals surface area (Å²) >= 11 is 0. The molecule has 1 fully saturated rings. The van der Waals surface area contributed by atoms with E-state index >= 15 is 0 Å². The van der Waals surface area contributed by atoms with Gasteiger partial charge in [0.2, 0.25) is 0 Å². The maximum absolute atomic E-state index is 12.8. The zero-order valence-corrected chi connectivity index (χ0v) is 12.8. The zero-order chi connectivity index (χ0) is 15.0. The number of aryl methyl sites for hydroxylation is 1. The number of amides is 1. The molecule has 1 aliphatic rings. The molecule has 3 rings (SSSR count). The van der Waals surface area contributed by atoms with Crippen LogP contribution in [0, 0.1) is 5.92 Å². The summed E-state index contributed by atoms with van der Waals surface area (Å²) in [4.78, 5) is 14.7. The van der Waals surface area contributed by atoms with E-state index < -0.39 is 0 Å². The highest BCUT2D eigenvalue weighted by Crippen LogP contribution is 2.22. The summed E-state index contributed by atoms with van der Waals surface area (Å²) < 4.78 is 1.78. The first-order chi connectivity index (χ1) is 10.1. The molecule has 0 bridgehead atoms. The molecule has 1 saturated heterocycles. The first-order valence-electron chi connectivity index (χ1n) is 7.50. The molecular weight excluding hydrogens is 264 g/mol. The highest BCUT2D eigenvalue weighted by atomic mass is 16.2. The Morgan fingerprint density at radius 3 is 2.86 bits per heavy atom. The number of hydrogen-bond donors (Lipinski definition) is 1. The molecule has 1 N–H and O–H groups in total. The minimum atomic E-state index is 0.0493. The van der Waals surface area contributed by atoms with Crippen molar-refractivity contribution in [3.63, 3.8) is 0 Å². The molecule has 1 amide bonds. The number of carbonyl (C=O) groups excluding carboxylic acids is 1. The summed E-state index contributed by atoms with van der Waals surface area (Å²) in [5.41, 5.74) is 1.57. The number of carbonyl (C=O) groups is 1. The minimum Gasteiger partial charge on any atom is -0.337 e. The van der Waals surface area contributed by atoms with Gasteiger partial charge in [-0.2, -0.15) is 5.10 Å². The lowest BCUT2D eigenvalue weighted by molar-refractivity contribution is 0.0644. The van der Waals surface area contributed by atoms with Gasteiger partial charge in [0.25, 0.3) is 5.91 Å². The number of piperidine rings is 1. The molecule has 2 atom stereocenters. The number of rotatable bonds is 2. The normalized spacial score (nSPS) is 22.7. The number of nitrogens with zero attached hydrogens (tertiary/aromatic N) is 3. The molecule has 5 heteroatoms. The van der Waals surface area contributed by atoms with Gasteiger partial charge in [0, 0.05) is 31.6 Å². The van der Waals surface area contributed by atoms with E-state index in [2.05, 4.69) is 17.3 Å². The average molecular weight is 286 g/mol. The van der Waals surface area contributed by atoms with E-state index in [1.54, 1.807) is 4.68 Å². The fourth-order valence-electron chi connectivity index (χ4n) is 3.28. The molecular formula is C16H22N4O. The molecule has 2 unspecified atom stereocenters. The third kappa shape index (κ3) is 2.42. The summed E-state index contributed by atoms with van der Waals surface area (Å²) in [7, 11) is 3.87. The van der Waals surface area contributed by atoms with Crippen molar-refractivity contribution in [2.75, 3.05) is 20.1 Å². The van der Waals surface area contributed by atoms with Crippen LogP contribution in [0.1, 0.15) is 23.8 Å². The Balaban J connectivity index is 1.88. The standard InChI is InChI=1S/C16H22N4O/c1-11-10-20(9-8-13(11)17-2)16(21)15-12-6-4-5-7-14(12)19(3)18-15/h4-7,11,13,17H,8-10H2,1-3H3. The number of para-hydroxylation sites is 1. The minimum absolute atomic E-state index is 0.0493. The van der Waals surface area contributed by atoms with Gasteiger partial charge in [-0.1, -0.05) is 25.1 Å². The van der Waals surface area contributed by atoms with Crippen molar-refractivity contribution in [1.29, 1.82) is 0 Å². The molecule has 1 aromatic heterocycles. The fourth-order valence-corrected chi connectivity index (χ4v) is 3.28. The quantitative estimate of drug-likeness (QED) is 0.913. The SMILES string of the molecule is CNC1CCN(C(=O)c2nn(C)c3ccccc23)CC1C. The maximum Gasteiger partial charge on any atom is 0.275 e. The summed E-state index contributed by atoms with van der Waals surface area (Å²) in [6.45, 7) is 3.77. The second-order valence-corrected chi connectivity index (χ2v) is 5.90. The highest BCUT2D eigenvalue weighted by Gasteiger charge is 2.30. The van der Waals surface area contributed by atoms with Gasteiger partial charge in [-0.05, 0) is 25.5 Å². The number of nitrogens with one attached hydrogen (secondary N) is 1. The third-order valence-electron chi connectivity index (χ3n) is 4.52. The van der Waals surface area contributed by atoms with E-state index in [-0.39, 0.29) is 5.91 Å². The van der Waals surface area contributed by atoms with Gasteiger partial charge in [0.05, 0.1) is 5.52 Å². The van der Waals surface area contributed by atoms with Crippen LogP contribution in [0.3, 0.4) is 0 Å². The van der Waals surface area contributed by atoms with E-state index in [1.807, 2.05) is 43.3 Å². The summed E-state index contributed by atoms with van der Waals surface area (Å²) in [5, 5.41) is 8.71. The van der Waals surface area contributed by atoms with Crippen molar-refractivity contribution in [2.45, 2.75) is 19.4 Å². The van der Waals surface area contributed by atoms with Crippen LogP contribution < -0.4 is 5.32 Å². The lowest BCUT2D eigenvalue weighted by Gasteiger charge is -2.36. The molecule has 21 heavy (non-hydrogen) atoms. The van der Waals surface area contributed by atoms with Crippen LogP contribution in [0.15, 0.2) is 24.3 Å². The molecule has 1 aromatic carbocycles. The monoisotopic (exact) mass is 286 g/mol. The van der Waals surface area contributed by atoms with Crippen molar-refractivity contribution >= 4 is 16.8 Å². The van der Waals surface area contributed by atoms with Crippen LogP contribution >= 0.6 is 0 Å². The maximum atomic E-state index is 12.8. The van der Waals surface area contributed by atoms with Crippen LogP contribution in [0.25, 0.3) is 10.9 Å². The Hall–Kier alpha value is -1.88. The Morgan fingerprint density at radius 2 is 2.14 bits per heavy atom. The van der Waals surface area contributed by atoms with Crippen LogP contribution in [0.2, 0.25) is 0 Å². The second-order valence-electron chi connectivity index (χ2n) is 5.90. The predicted octanol–water partition coefficient (Wildman–Crippen LogP) is 1.64.